The molecule has 2 aromatic carbocycles. The van der Waals surface area contributed by atoms with Crippen molar-refractivity contribution in [3.05, 3.63) is 75.2 Å². The molecule has 0 N–H and O–H groups in total. The van der Waals surface area contributed by atoms with Crippen molar-refractivity contribution in [3.8, 4) is 23.0 Å². The molecule has 2 aliphatic rings. The van der Waals surface area contributed by atoms with Gasteiger partial charge in [0.05, 0.1) is 11.1 Å². The summed E-state index contributed by atoms with van der Waals surface area (Å²) >= 11 is 1.52. The molecule has 0 amide bonds. The van der Waals surface area contributed by atoms with Crippen molar-refractivity contribution < 1.29 is 28.5 Å². The van der Waals surface area contributed by atoms with E-state index in [1.807, 2.05) is 17.5 Å². The van der Waals surface area contributed by atoms with Gasteiger partial charge in [-0.3, -0.25) is 4.79 Å². The number of carbonyl (C=O) groups is 2. The molecule has 3 aromatic rings. The van der Waals surface area contributed by atoms with Crippen LogP contribution in [0, 0.1) is 6.92 Å². The van der Waals surface area contributed by atoms with Crippen molar-refractivity contribution in [2.45, 2.75) is 6.92 Å². The zero-order valence-corrected chi connectivity index (χ0v) is 16.1. The first kappa shape index (κ1) is 17.5. The fourth-order valence-corrected chi connectivity index (χ4v) is 3.87. The average Bonchev–Trinajstić information content (AvgIpc) is 3.43. The zero-order chi connectivity index (χ0) is 20.0. The van der Waals surface area contributed by atoms with Gasteiger partial charge in [0, 0.05) is 17.0 Å². The molecule has 6 nitrogen and oxygen atoms in total. The van der Waals surface area contributed by atoms with Gasteiger partial charge >= 0.3 is 5.97 Å². The third-order valence-electron chi connectivity index (χ3n) is 4.58. The van der Waals surface area contributed by atoms with Crippen molar-refractivity contribution >= 4 is 29.2 Å². The highest BCUT2D eigenvalue weighted by atomic mass is 32.1. The summed E-state index contributed by atoms with van der Waals surface area (Å²) in [6, 6.07) is 11.9. The molecule has 3 heterocycles. The summed E-state index contributed by atoms with van der Waals surface area (Å²) in [6.45, 7) is 1.91. The highest BCUT2D eigenvalue weighted by Crippen LogP contribution is 2.38. The number of ketones is 1. The number of benzene rings is 2. The number of fused-ring (bicyclic) bond motifs is 2. The monoisotopic (exact) mass is 406 g/mol. The highest BCUT2D eigenvalue weighted by Gasteiger charge is 2.30. The van der Waals surface area contributed by atoms with Crippen molar-refractivity contribution in [1.29, 1.82) is 0 Å². The van der Waals surface area contributed by atoms with Gasteiger partial charge in [-0.2, -0.15) is 0 Å². The molecule has 0 radical (unpaired) electrons. The summed E-state index contributed by atoms with van der Waals surface area (Å²) in [5.74, 6) is 1.31. The molecular formula is C22H14O6S. The first-order chi connectivity index (χ1) is 14.1. The summed E-state index contributed by atoms with van der Waals surface area (Å²) < 4.78 is 21.8. The van der Waals surface area contributed by atoms with Crippen molar-refractivity contribution in [3.63, 3.8) is 0 Å². The molecule has 7 heteroatoms. The number of esters is 1. The Labute approximate surface area is 169 Å². The van der Waals surface area contributed by atoms with Gasteiger partial charge in [-0.05, 0) is 48.2 Å². The summed E-state index contributed by atoms with van der Waals surface area (Å²) in [6.07, 6.45) is 1.71. The average molecular weight is 406 g/mol. The number of Topliss-reactive ketones (excluding diaryl/α,β-unsaturated/α-hetero) is 1. The molecule has 0 saturated heterocycles. The highest BCUT2D eigenvalue weighted by molar-refractivity contribution is 7.10. The van der Waals surface area contributed by atoms with E-state index in [0.29, 0.717) is 39.7 Å². The fourth-order valence-electron chi connectivity index (χ4n) is 3.23. The van der Waals surface area contributed by atoms with Crippen LogP contribution in [-0.2, 0) is 0 Å². The normalized spacial score (nSPS) is 15.3. The predicted molar refractivity (Wildman–Crippen MR) is 106 cm³/mol. The minimum absolute atomic E-state index is 0.130. The lowest BCUT2D eigenvalue weighted by Crippen LogP contribution is -2.08. The van der Waals surface area contributed by atoms with Gasteiger partial charge in [-0.1, -0.05) is 6.07 Å². The summed E-state index contributed by atoms with van der Waals surface area (Å²) in [4.78, 5) is 26.1. The molecule has 0 spiro atoms. The molecule has 0 fully saturated rings. The van der Waals surface area contributed by atoms with Crippen LogP contribution in [-0.4, -0.2) is 18.5 Å². The van der Waals surface area contributed by atoms with E-state index in [4.69, 9.17) is 18.9 Å². The SMILES string of the molecule is Cc1cc(OC(=O)c2ccc3c(c2)OCO3)cc2c1C(=O)/C(=C/c1cccs1)O2. The molecular weight excluding hydrogens is 392 g/mol. The van der Waals surface area contributed by atoms with Gasteiger partial charge in [-0.25, -0.2) is 4.79 Å². The number of ether oxygens (including phenoxy) is 4. The third kappa shape index (κ3) is 3.15. The number of rotatable bonds is 3. The lowest BCUT2D eigenvalue weighted by molar-refractivity contribution is 0.0734. The number of allylic oxidation sites excluding steroid dienone is 1. The molecule has 1 aromatic heterocycles. The van der Waals surface area contributed by atoms with Crippen LogP contribution >= 0.6 is 11.3 Å². The van der Waals surface area contributed by atoms with E-state index < -0.39 is 5.97 Å². The molecule has 0 bridgehead atoms. The number of hydrogen-bond donors (Lipinski definition) is 0. The largest absolute Gasteiger partial charge is 0.454 e. The number of aryl methyl sites for hydroxylation is 1. The second kappa shape index (κ2) is 6.79. The van der Waals surface area contributed by atoms with Crippen LogP contribution in [0.3, 0.4) is 0 Å². The van der Waals surface area contributed by atoms with E-state index in [9.17, 15) is 9.59 Å². The van der Waals surface area contributed by atoms with Crippen molar-refractivity contribution in [2.24, 2.45) is 0 Å². The Morgan fingerprint density at radius 3 is 2.79 bits per heavy atom. The van der Waals surface area contributed by atoms with Crippen LogP contribution in [0.25, 0.3) is 6.08 Å². The summed E-state index contributed by atoms with van der Waals surface area (Å²) in [5.41, 5.74) is 1.49. The smallest absolute Gasteiger partial charge is 0.343 e. The third-order valence-corrected chi connectivity index (χ3v) is 5.40. The fraction of sp³-hybridized carbons (Fsp3) is 0.0909. The molecule has 5 rings (SSSR count). The van der Waals surface area contributed by atoms with Gasteiger partial charge in [0.2, 0.25) is 12.6 Å². The Balaban J connectivity index is 1.40. The van der Waals surface area contributed by atoms with Crippen LogP contribution in [0.1, 0.15) is 31.2 Å². The molecule has 0 aliphatic carbocycles. The van der Waals surface area contributed by atoms with Crippen molar-refractivity contribution in [1.82, 2.24) is 0 Å². The van der Waals surface area contributed by atoms with Crippen molar-refractivity contribution in [2.75, 3.05) is 6.79 Å². The Bertz CT molecular complexity index is 1180. The lowest BCUT2D eigenvalue weighted by Gasteiger charge is -2.08. The molecule has 0 unspecified atom stereocenters. The summed E-state index contributed by atoms with van der Waals surface area (Å²) in [7, 11) is 0. The minimum atomic E-state index is -0.540. The minimum Gasteiger partial charge on any atom is -0.454 e. The van der Waals surface area contributed by atoms with Crippen LogP contribution < -0.4 is 18.9 Å². The van der Waals surface area contributed by atoms with E-state index in [1.54, 1.807) is 43.3 Å². The second-order valence-corrected chi connectivity index (χ2v) is 7.51. The van der Waals surface area contributed by atoms with Gasteiger partial charge in [0.15, 0.2) is 17.3 Å². The predicted octanol–water partition coefficient (Wildman–Crippen LogP) is 4.62. The maximum Gasteiger partial charge on any atom is 0.343 e. The molecule has 0 saturated carbocycles. The van der Waals surface area contributed by atoms with Gasteiger partial charge in [0.1, 0.15) is 11.5 Å². The second-order valence-electron chi connectivity index (χ2n) is 6.53. The Morgan fingerprint density at radius 1 is 1.10 bits per heavy atom. The maximum absolute atomic E-state index is 12.7. The first-order valence-electron chi connectivity index (χ1n) is 8.83. The quantitative estimate of drug-likeness (QED) is 0.359. The first-order valence-corrected chi connectivity index (χ1v) is 9.71. The van der Waals surface area contributed by atoms with Gasteiger partial charge in [-0.15, -0.1) is 11.3 Å². The molecule has 0 atom stereocenters. The van der Waals surface area contributed by atoms with Crippen LogP contribution in [0.15, 0.2) is 53.6 Å². The Kier molecular flexibility index (Phi) is 4.10. The maximum atomic E-state index is 12.7. The van der Waals surface area contributed by atoms with Crippen LogP contribution in [0.5, 0.6) is 23.0 Å². The van der Waals surface area contributed by atoms with Gasteiger partial charge in [0.25, 0.3) is 0 Å². The van der Waals surface area contributed by atoms with Gasteiger partial charge < -0.3 is 18.9 Å². The van der Waals surface area contributed by atoms with E-state index in [-0.39, 0.29) is 18.3 Å². The van der Waals surface area contributed by atoms with Crippen LogP contribution in [0.2, 0.25) is 0 Å². The molecule has 144 valence electrons. The standard InChI is InChI=1S/C22H14O6S/c1-12-7-14(27-22(24)13-4-5-16-17(8-13)26-11-25-16)9-18-20(12)21(23)19(28-18)10-15-3-2-6-29-15/h2-10H,11H2,1H3/b19-10-. The molecule has 2 aliphatic heterocycles. The molecule has 29 heavy (non-hydrogen) atoms. The lowest BCUT2D eigenvalue weighted by atomic mass is 10.0. The topological polar surface area (TPSA) is 71.1 Å². The van der Waals surface area contributed by atoms with E-state index in [2.05, 4.69) is 0 Å². The zero-order valence-electron chi connectivity index (χ0n) is 15.3. The Morgan fingerprint density at radius 2 is 1.97 bits per heavy atom. The number of hydrogen-bond acceptors (Lipinski definition) is 7. The van der Waals surface area contributed by atoms with E-state index in [1.165, 1.54) is 11.3 Å². The van der Waals surface area contributed by atoms with E-state index in [0.717, 1.165) is 4.88 Å². The number of carbonyl (C=O) groups excluding carboxylic acids is 2. The van der Waals surface area contributed by atoms with E-state index >= 15 is 0 Å². The summed E-state index contributed by atoms with van der Waals surface area (Å²) in [5, 5.41) is 1.93. The van der Waals surface area contributed by atoms with Crippen LogP contribution in [0.4, 0.5) is 0 Å². The Hall–Kier alpha value is -3.58. The number of thiophene rings is 1.